The molecule has 0 aliphatic heterocycles. The van der Waals surface area contributed by atoms with E-state index in [1.807, 2.05) is 6.08 Å². The van der Waals surface area contributed by atoms with Crippen LogP contribution < -0.4 is 0 Å². The van der Waals surface area contributed by atoms with Gasteiger partial charge in [-0.05, 0) is 49.0 Å². The normalized spacial score (nSPS) is 28.4. The molecule has 23 heavy (non-hydrogen) atoms. The zero-order valence-electron chi connectivity index (χ0n) is 15.2. The van der Waals surface area contributed by atoms with Gasteiger partial charge in [-0.2, -0.15) is 0 Å². The maximum absolute atomic E-state index is 12.1. The van der Waals surface area contributed by atoms with E-state index in [1.165, 1.54) is 5.57 Å². The summed E-state index contributed by atoms with van der Waals surface area (Å²) in [6, 6.07) is 3.39. The number of carbonyl (C=O) groups excluding carboxylic acids is 1. The van der Waals surface area contributed by atoms with E-state index >= 15 is 0 Å². The summed E-state index contributed by atoms with van der Waals surface area (Å²) < 4.78 is 17.9. The minimum Gasteiger partial charge on any atom is -0.408 e. The lowest BCUT2D eigenvalue weighted by atomic mass is 9.93. The predicted octanol–water partition coefficient (Wildman–Crippen LogP) is 4.21. The molecule has 0 saturated heterocycles. The van der Waals surface area contributed by atoms with Crippen LogP contribution in [0.1, 0.15) is 52.9 Å². The fourth-order valence-electron chi connectivity index (χ4n) is 4.09. The van der Waals surface area contributed by atoms with E-state index in [-0.39, 0.29) is 17.5 Å². The molecule has 0 N–H and O–H groups in total. The van der Waals surface area contributed by atoms with Crippen LogP contribution in [0.4, 0.5) is 0 Å². The fourth-order valence-corrected chi connectivity index (χ4v) is 7.17. The van der Waals surface area contributed by atoms with Crippen LogP contribution in [-0.4, -0.2) is 39.7 Å². The molecular formula is C18H32O4Si. The second-order valence-electron chi connectivity index (χ2n) is 6.93. The van der Waals surface area contributed by atoms with Crippen molar-refractivity contribution < 1.29 is 18.7 Å². The van der Waals surface area contributed by atoms with Gasteiger partial charge in [0.25, 0.3) is 0 Å². The Morgan fingerprint density at radius 2 is 1.96 bits per heavy atom. The van der Waals surface area contributed by atoms with Crippen LogP contribution in [0.15, 0.2) is 11.6 Å². The van der Waals surface area contributed by atoms with Crippen molar-refractivity contribution in [2.75, 3.05) is 13.9 Å². The molecule has 2 aliphatic carbocycles. The quantitative estimate of drug-likeness (QED) is 0.490. The lowest BCUT2D eigenvalue weighted by Crippen LogP contribution is -2.47. The number of hydrogen-bond donors (Lipinski definition) is 0. The summed E-state index contributed by atoms with van der Waals surface area (Å²) in [4.78, 5) is 12.1. The van der Waals surface area contributed by atoms with E-state index in [1.54, 1.807) is 7.11 Å². The molecule has 5 heteroatoms. The van der Waals surface area contributed by atoms with Crippen molar-refractivity contribution in [3.63, 3.8) is 0 Å². The van der Waals surface area contributed by atoms with E-state index in [2.05, 4.69) is 20.8 Å². The van der Waals surface area contributed by atoms with Crippen molar-refractivity contribution in [2.45, 2.75) is 82.7 Å². The van der Waals surface area contributed by atoms with Crippen molar-refractivity contribution in [2.24, 2.45) is 0 Å². The second-order valence-corrected chi connectivity index (χ2v) is 11.6. The maximum atomic E-state index is 12.1. The topological polar surface area (TPSA) is 44.8 Å². The van der Waals surface area contributed by atoms with Crippen LogP contribution in [0.25, 0.3) is 0 Å². The first-order chi connectivity index (χ1) is 11.0. The number of fused-ring (bicyclic) bond motifs is 1. The molecule has 1 saturated carbocycles. The Morgan fingerprint density at radius 3 is 2.57 bits per heavy atom. The Bertz CT molecular complexity index is 436. The molecule has 0 aromatic heterocycles. The zero-order chi connectivity index (χ0) is 16.9. The molecular weight excluding hydrogens is 308 g/mol. The Balaban J connectivity index is 2.28. The van der Waals surface area contributed by atoms with Crippen LogP contribution in [0.2, 0.25) is 18.1 Å². The summed E-state index contributed by atoms with van der Waals surface area (Å²) in [5, 5.41) is 0. The van der Waals surface area contributed by atoms with Crippen LogP contribution in [0, 0.1) is 0 Å². The van der Waals surface area contributed by atoms with Gasteiger partial charge in [-0.1, -0.05) is 20.8 Å². The Hall–Kier alpha value is -0.493. The molecule has 0 aromatic rings. The standard InChI is InChI=1S/C18H32O4Si/c1-5-23(6-2,7-3)22-18-10-8-9-16(19)11-15(18)12-17(13-18)21-14-20-4/h11,17H,5-10,12-14H2,1-4H3/t17-,18-/m1/s1. The molecule has 4 nitrogen and oxygen atoms in total. The summed E-state index contributed by atoms with van der Waals surface area (Å²) >= 11 is 0. The molecule has 1 fully saturated rings. The first-order valence-corrected chi connectivity index (χ1v) is 11.6. The van der Waals surface area contributed by atoms with Crippen LogP contribution >= 0.6 is 0 Å². The van der Waals surface area contributed by atoms with Crippen LogP contribution in [0.3, 0.4) is 0 Å². The van der Waals surface area contributed by atoms with Gasteiger partial charge in [0.05, 0.1) is 11.7 Å². The summed E-state index contributed by atoms with van der Waals surface area (Å²) in [7, 11) is -0.1000. The lowest BCUT2D eigenvalue weighted by molar-refractivity contribution is -0.114. The molecule has 0 bridgehead atoms. The monoisotopic (exact) mass is 340 g/mol. The van der Waals surface area contributed by atoms with Crippen LogP contribution in [0.5, 0.6) is 0 Å². The molecule has 2 rings (SSSR count). The molecule has 2 atom stereocenters. The van der Waals surface area contributed by atoms with Gasteiger partial charge in [-0.25, -0.2) is 0 Å². The number of carbonyl (C=O) groups is 1. The Labute approximate surface area is 141 Å². The van der Waals surface area contributed by atoms with Gasteiger partial charge in [0.2, 0.25) is 0 Å². The predicted molar refractivity (Wildman–Crippen MR) is 93.9 cm³/mol. The summed E-state index contributed by atoms with van der Waals surface area (Å²) in [5.74, 6) is 0.245. The summed E-state index contributed by atoms with van der Waals surface area (Å²) in [6.45, 7) is 7.08. The molecule has 132 valence electrons. The first-order valence-electron chi connectivity index (χ1n) is 9.07. The number of ketones is 1. The lowest BCUT2D eigenvalue weighted by Gasteiger charge is -2.41. The van der Waals surface area contributed by atoms with Crippen molar-refractivity contribution in [3.8, 4) is 0 Å². The van der Waals surface area contributed by atoms with E-state index in [4.69, 9.17) is 13.9 Å². The second kappa shape index (κ2) is 8.06. The van der Waals surface area contributed by atoms with Crippen molar-refractivity contribution in [1.29, 1.82) is 0 Å². The van der Waals surface area contributed by atoms with Gasteiger partial charge in [-0.15, -0.1) is 0 Å². The number of ether oxygens (including phenoxy) is 2. The van der Waals surface area contributed by atoms with Gasteiger partial charge in [0, 0.05) is 20.0 Å². The number of methoxy groups -OCH3 is 1. The first kappa shape index (κ1) is 18.8. The molecule has 0 radical (unpaired) electrons. The van der Waals surface area contributed by atoms with Gasteiger partial charge >= 0.3 is 0 Å². The SMILES string of the molecule is CC[Si](CC)(CC)O[C@@]12CCCC(=O)C=C1C[C@@H](OCOC)C2. The Kier molecular flexibility index (Phi) is 6.60. The van der Waals surface area contributed by atoms with Gasteiger partial charge < -0.3 is 13.9 Å². The number of allylic oxidation sites excluding steroid dienone is 1. The summed E-state index contributed by atoms with van der Waals surface area (Å²) in [5.41, 5.74) is 0.909. The minimum atomic E-state index is -1.74. The third kappa shape index (κ3) is 4.13. The average Bonchev–Trinajstić information content (AvgIpc) is 2.80. The van der Waals surface area contributed by atoms with Gasteiger partial charge in [0.15, 0.2) is 14.1 Å². The smallest absolute Gasteiger partial charge is 0.193 e. The maximum Gasteiger partial charge on any atom is 0.193 e. The average molecular weight is 341 g/mol. The largest absolute Gasteiger partial charge is 0.408 e. The minimum absolute atomic E-state index is 0.101. The number of hydrogen-bond acceptors (Lipinski definition) is 4. The van der Waals surface area contributed by atoms with Crippen molar-refractivity contribution >= 4 is 14.1 Å². The molecule has 0 unspecified atom stereocenters. The highest BCUT2D eigenvalue weighted by Gasteiger charge is 2.49. The molecule has 2 aliphatic rings. The van der Waals surface area contributed by atoms with Gasteiger partial charge in [0.1, 0.15) is 6.79 Å². The highest BCUT2D eigenvalue weighted by molar-refractivity contribution is 6.73. The summed E-state index contributed by atoms with van der Waals surface area (Å²) in [6.07, 6.45) is 6.15. The van der Waals surface area contributed by atoms with E-state index in [0.29, 0.717) is 13.2 Å². The van der Waals surface area contributed by atoms with Gasteiger partial charge in [-0.3, -0.25) is 4.79 Å². The third-order valence-corrected chi connectivity index (χ3v) is 10.4. The van der Waals surface area contributed by atoms with Crippen LogP contribution in [-0.2, 0) is 18.7 Å². The highest BCUT2D eigenvalue weighted by Crippen LogP contribution is 2.47. The highest BCUT2D eigenvalue weighted by atomic mass is 28.4. The fraction of sp³-hybridized carbons (Fsp3) is 0.833. The zero-order valence-corrected chi connectivity index (χ0v) is 16.2. The third-order valence-electron chi connectivity index (χ3n) is 5.70. The molecule has 0 amide bonds. The Morgan fingerprint density at radius 1 is 1.26 bits per heavy atom. The van der Waals surface area contributed by atoms with E-state index in [9.17, 15) is 4.79 Å². The van der Waals surface area contributed by atoms with Crippen molar-refractivity contribution in [1.82, 2.24) is 0 Å². The number of rotatable bonds is 8. The van der Waals surface area contributed by atoms with E-state index < -0.39 is 8.32 Å². The van der Waals surface area contributed by atoms with Crippen molar-refractivity contribution in [3.05, 3.63) is 11.6 Å². The molecule has 0 spiro atoms. The van der Waals surface area contributed by atoms with E-state index in [0.717, 1.165) is 43.8 Å². The molecule has 0 aromatic carbocycles. The molecule has 0 heterocycles.